The van der Waals surface area contributed by atoms with E-state index in [-0.39, 0.29) is 17.9 Å². The third kappa shape index (κ3) is 4.95. The maximum absolute atomic E-state index is 12.8. The summed E-state index contributed by atoms with van der Waals surface area (Å²) in [4.78, 5) is 28.1. The molecule has 3 amide bonds. The molecule has 2 aromatic rings. The number of ether oxygens (including phenoxy) is 2. The monoisotopic (exact) mass is 403 g/mol. The average molecular weight is 404 g/mol. The van der Waals surface area contributed by atoms with Crippen LogP contribution in [-0.2, 0) is 11.3 Å². The molecule has 1 atom stereocenters. The number of nitrogens with one attached hydrogen (secondary N) is 2. The van der Waals surface area contributed by atoms with Gasteiger partial charge in [-0.2, -0.15) is 0 Å². The quantitative estimate of drug-likeness (QED) is 0.775. The zero-order chi connectivity index (χ0) is 19.9. The molecule has 8 heteroatoms. The summed E-state index contributed by atoms with van der Waals surface area (Å²) in [7, 11) is 3.12. The Kier molecular flexibility index (Phi) is 6.76. The predicted octanol–water partition coefficient (Wildman–Crippen LogP) is 3.33. The molecular weight excluding hydrogens is 378 g/mol. The van der Waals surface area contributed by atoms with Crippen molar-refractivity contribution in [3.63, 3.8) is 0 Å². The van der Waals surface area contributed by atoms with E-state index in [1.54, 1.807) is 48.7 Å². The Bertz CT molecular complexity index is 810. The minimum Gasteiger partial charge on any atom is -0.497 e. The van der Waals surface area contributed by atoms with E-state index in [1.807, 2.05) is 17.5 Å². The lowest BCUT2D eigenvalue weighted by atomic mass is 9.97. The second kappa shape index (κ2) is 9.45. The van der Waals surface area contributed by atoms with Gasteiger partial charge in [0.25, 0.3) is 0 Å². The number of amides is 3. The van der Waals surface area contributed by atoms with Crippen LogP contribution in [0.5, 0.6) is 11.5 Å². The molecule has 1 aromatic carbocycles. The summed E-state index contributed by atoms with van der Waals surface area (Å²) < 4.78 is 10.5. The van der Waals surface area contributed by atoms with Crippen molar-refractivity contribution in [2.45, 2.75) is 19.4 Å². The van der Waals surface area contributed by atoms with Crippen LogP contribution in [0.15, 0.2) is 35.7 Å². The van der Waals surface area contributed by atoms with Crippen LogP contribution in [-0.4, -0.2) is 44.1 Å². The number of hydrogen-bond acceptors (Lipinski definition) is 5. The lowest BCUT2D eigenvalue weighted by molar-refractivity contribution is -0.121. The Morgan fingerprint density at radius 3 is 2.82 bits per heavy atom. The van der Waals surface area contributed by atoms with Crippen molar-refractivity contribution in [3.8, 4) is 11.5 Å². The van der Waals surface area contributed by atoms with E-state index in [4.69, 9.17) is 9.47 Å². The van der Waals surface area contributed by atoms with E-state index < -0.39 is 0 Å². The minimum absolute atomic E-state index is 0.123. The number of benzene rings is 1. The van der Waals surface area contributed by atoms with Crippen molar-refractivity contribution in [1.29, 1.82) is 0 Å². The van der Waals surface area contributed by atoms with Crippen LogP contribution in [0.1, 0.15) is 17.7 Å². The smallest absolute Gasteiger partial charge is 0.317 e. The Morgan fingerprint density at radius 1 is 1.25 bits per heavy atom. The van der Waals surface area contributed by atoms with E-state index in [0.29, 0.717) is 36.8 Å². The Hall–Kier alpha value is -2.74. The molecule has 1 unspecified atom stereocenters. The summed E-state index contributed by atoms with van der Waals surface area (Å²) in [5, 5.41) is 7.83. The molecule has 0 bridgehead atoms. The summed E-state index contributed by atoms with van der Waals surface area (Å²) >= 11 is 1.61. The first-order chi connectivity index (χ1) is 13.6. The third-order valence-electron chi connectivity index (χ3n) is 4.74. The number of piperidine rings is 1. The van der Waals surface area contributed by atoms with Crippen molar-refractivity contribution in [3.05, 3.63) is 40.6 Å². The average Bonchev–Trinajstić information content (AvgIpc) is 3.25. The highest BCUT2D eigenvalue weighted by Gasteiger charge is 2.29. The molecule has 1 aliphatic heterocycles. The molecule has 1 aliphatic rings. The van der Waals surface area contributed by atoms with Gasteiger partial charge in [-0.05, 0) is 36.4 Å². The Morgan fingerprint density at radius 2 is 2.11 bits per heavy atom. The summed E-state index contributed by atoms with van der Waals surface area (Å²) in [5.41, 5.74) is 0.561. The maximum atomic E-state index is 12.8. The number of thiophene rings is 1. The predicted molar refractivity (Wildman–Crippen MR) is 109 cm³/mol. The number of anilines is 1. The number of carbonyl (C=O) groups is 2. The Balaban J connectivity index is 1.59. The number of rotatable bonds is 6. The van der Waals surface area contributed by atoms with Crippen LogP contribution in [0.2, 0.25) is 0 Å². The van der Waals surface area contributed by atoms with Crippen LogP contribution in [0, 0.1) is 5.92 Å². The molecule has 3 rings (SSSR count). The summed E-state index contributed by atoms with van der Waals surface area (Å²) in [6.45, 7) is 1.56. The molecule has 1 fully saturated rings. The maximum Gasteiger partial charge on any atom is 0.317 e. The van der Waals surface area contributed by atoms with Gasteiger partial charge in [-0.1, -0.05) is 6.07 Å². The van der Waals surface area contributed by atoms with Gasteiger partial charge < -0.3 is 25.0 Å². The highest BCUT2D eigenvalue weighted by molar-refractivity contribution is 7.09. The normalized spacial score (nSPS) is 16.4. The van der Waals surface area contributed by atoms with Gasteiger partial charge in [0.05, 0.1) is 32.4 Å². The van der Waals surface area contributed by atoms with Gasteiger partial charge in [0.15, 0.2) is 0 Å². The largest absolute Gasteiger partial charge is 0.497 e. The van der Waals surface area contributed by atoms with Crippen molar-refractivity contribution in [1.82, 2.24) is 10.2 Å². The standard InChI is InChI=1S/C20H25N3O4S/c1-26-15-7-8-18(27-2)17(11-15)22-19(24)14-5-3-9-23(13-14)20(25)21-12-16-6-4-10-28-16/h4,6-8,10-11,14H,3,5,9,12-13H2,1-2H3,(H,21,25)(H,22,24). The van der Waals surface area contributed by atoms with Gasteiger partial charge in [0, 0.05) is 24.0 Å². The second-order valence-corrected chi connectivity index (χ2v) is 7.61. The molecule has 1 aromatic heterocycles. The molecule has 0 radical (unpaired) electrons. The van der Waals surface area contributed by atoms with Crippen LogP contribution >= 0.6 is 11.3 Å². The SMILES string of the molecule is COc1ccc(OC)c(NC(=O)C2CCCN(C(=O)NCc3cccs3)C2)c1. The summed E-state index contributed by atoms with van der Waals surface area (Å²) in [6, 6.07) is 9.06. The van der Waals surface area contributed by atoms with E-state index in [1.165, 1.54) is 0 Å². The van der Waals surface area contributed by atoms with Gasteiger partial charge in [0.2, 0.25) is 5.91 Å². The molecule has 0 saturated carbocycles. The minimum atomic E-state index is -0.267. The van der Waals surface area contributed by atoms with E-state index >= 15 is 0 Å². The molecule has 150 valence electrons. The van der Waals surface area contributed by atoms with Gasteiger partial charge in [-0.25, -0.2) is 4.79 Å². The molecule has 28 heavy (non-hydrogen) atoms. The Labute approximate surface area is 168 Å². The highest BCUT2D eigenvalue weighted by atomic mass is 32.1. The fraction of sp³-hybridized carbons (Fsp3) is 0.400. The van der Waals surface area contributed by atoms with Gasteiger partial charge >= 0.3 is 6.03 Å². The first-order valence-electron chi connectivity index (χ1n) is 9.18. The van der Waals surface area contributed by atoms with Crippen molar-refractivity contribution in [2.75, 3.05) is 32.6 Å². The number of carbonyl (C=O) groups excluding carboxylic acids is 2. The highest BCUT2D eigenvalue weighted by Crippen LogP contribution is 2.30. The van der Waals surface area contributed by atoms with Gasteiger partial charge in [-0.3, -0.25) is 4.79 Å². The lowest BCUT2D eigenvalue weighted by Crippen LogP contribution is -2.47. The van der Waals surface area contributed by atoms with E-state index in [2.05, 4.69) is 10.6 Å². The van der Waals surface area contributed by atoms with Crippen LogP contribution in [0.4, 0.5) is 10.5 Å². The zero-order valence-electron chi connectivity index (χ0n) is 16.1. The van der Waals surface area contributed by atoms with Crippen LogP contribution in [0.25, 0.3) is 0 Å². The third-order valence-corrected chi connectivity index (χ3v) is 5.61. The summed E-state index contributed by atoms with van der Waals surface area (Å²) in [6.07, 6.45) is 1.53. The number of hydrogen-bond donors (Lipinski definition) is 2. The first-order valence-corrected chi connectivity index (χ1v) is 10.1. The fourth-order valence-electron chi connectivity index (χ4n) is 3.21. The molecular formula is C20H25N3O4S. The zero-order valence-corrected chi connectivity index (χ0v) is 16.9. The van der Waals surface area contributed by atoms with Crippen molar-refractivity contribution in [2.24, 2.45) is 5.92 Å². The van der Waals surface area contributed by atoms with Crippen LogP contribution in [0.3, 0.4) is 0 Å². The van der Waals surface area contributed by atoms with Gasteiger partial charge in [-0.15, -0.1) is 11.3 Å². The molecule has 2 N–H and O–H groups in total. The number of methoxy groups -OCH3 is 2. The molecule has 1 saturated heterocycles. The summed E-state index contributed by atoms with van der Waals surface area (Å²) in [5.74, 6) is 0.810. The number of urea groups is 1. The van der Waals surface area contributed by atoms with E-state index in [0.717, 1.165) is 17.7 Å². The van der Waals surface area contributed by atoms with Crippen molar-refractivity contribution >= 4 is 29.0 Å². The topological polar surface area (TPSA) is 79.9 Å². The van der Waals surface area contributed by atoms with Crippen LogP contribution < -0.4 is 20.1 Å². The van der Waals surface area contributed by atoms with Crippen molar-refractivity contribution < 1.29 is 19.1 Å². The number of nitrogens with zero attached hydrogens (tertiary/aromatic N) is 1. The van der Waals surface area contributed by atoms with Gasteiger partial charge in [0.1, 0.15) is 11.5 Å². The fourth-order valence-corrected chi connectivity index (χ4v) is 3.85. The molecule has 0 aliphatic carbocycles. The van der Waals surface area contributed by atoms with E-state index in [9.17, 15) is 9.59 Å². The molecule has 7 nitrogen and oxygen atoms in total. The number of likely N-dealkylation sites (tertiary alicyclic amines) is 1. The second-order valence-electron chi connectivity index (χ2n) is 6.58. The first kappa shape index (κ1) is 20.0. The molecule has 0 spiro atoms. The lowest BCUT2D eigenvalue weighted by Gasteiger charge is -2.32. The molecule has 2 heterocycles.